The van der Waals surface area contributed by atoms with Crippen LogP contribution in [0.3, 0.4) is 0 Å². The first-order valence-corrected chi connectivity index (χ1v) is 8.18. The topological polar surface area (TPSA) is 84.5 Å². The number of nitriles is 1. The molecule has 0 fully saturated rings. The number of nitrogens with zero attached hydrogens (tertiary/aromatic N) is 5. The normalized spacial score (nSPS) is 11.8. The average Bonchev–Trinajstić information content (AvgIpc) is 3.08. The summed E-state index contributed by atoms with van der Waals surface area (Å²) in [6.07, 6.45) is 1.44. The number of pyridine rings is 1. The molecule has 2 aromatic heterocycles. The lowest BCUT2D eigenvalue weighted by Gasteiger charge is -2.08. The Morgan fingerprint density at radius 3 is 2.81 bits per heavy atom. The Labute approximate surface area is 153 Å². The van der Waals surface area contributed by atoms with E-state index in [-0.39, 0.29) is 11.4 Å². The minimum Gasteiger partial charge on any atom is -0.290 e. The van der Waals surface area contributed by atoms with Crippen LogP contribution in [0.25, 0.3) is 5.69 Å². The number of benzene rings is 1. The number of carbonyl (C=O) groups excluding carboxylic acids is 1. The van der Waals surface area contributed by atoms with Gasteiger partial charge in [-0.25, -0.2) is 9.07 Å². The smallest absolute Gasteiger partial charge is 0.208 e. The van der Waals surface area contributed by atoms with Gasteiger partial charge < -0.3 is 0 Å². The highest BCUT2D eigenvalue weighted by molar-refractivity contribution is 6.30. The Morgan fingerprint density at radius 1 is 1.38 bits per heavy atom. The van der Waals surface area contributed by atoms with E-state index in [1.54, 1.807) is 24.3 Å². The molecule has 26 heavy (non-hydrogen) atoms. The van der Waals surface area contributed by atoms with Crippen molar-refractivity contribution in [2.75, 3.05) is 0 Å². The predicted molar refractivity (Wildman–Crippen MR) is 92.6 cm³/mol. The van der Waals surface area contributed by atoms with Crippen molar-refractivity contribution in [1.82, 2.24) is 20.0 Å². The van der Waals surface area contributed by atoms with E-state index >= 15 is 0 Å². The zero-order valence-electron chi connectivity index (χ0n) is 13.7. The predicted octanol–water partition coefficient (Wildman–Crippen LogP) is 3.51. The Morgan fingerprint density at radius 2 is 2.19 bits per heavy atom. The molecule has 0 radical (unpaired) electrons. The Kier molecular flexibility index (Phi) is 5.05. The second kappa shape index (κ2) is 7.42. The summed E-state index contributed by atoms with van der Waals surface area (Å²) in [5, 5.41) is 18.0. The molecule has 0 aliphatic heterocycles. The third-order valence-corrected chi connectivity index (χ3v) is 4.06. The Balaban J connectivity index is 2.02. The van der Waals surface area contributed by atoms with Gasteiger partial charge in [-0.3, -0.25) is 9.78 Å². The minimum atomic E-state index is -1.19. The van der Waals surface area contributed by atoms with Crippen LogP contribution in [0.2, 0.25) is 5.02 Å². The lowest BCUT2D eigenvalue weighted by molar-refractivity contribution is 0.0971. The van der Waals surface area contributed by atoms with E-state index < -0.39 is 17.5 Å². The van der Waals surface area contributed by atoms with E-state index in [2.05, 4.69) is 15.3 Å². The van der Waals surface area contributed by atoms with E-state index in [1.807, 2.05) is 13.0 Å². The number of halogens is 2. The number of carbonyl (C=O) groups is 1. The summed E-state index contributed by atoms with van der Waals surface area (Å²) in [4.78, 5) is 16.7. The van der Waals surface area contributed by atoms with Crippen LogP contribution >= 0.6 is 11.6 Å². The van der Waals surface area contributed by atoms with Gasteiger partial charge in [0.1, 0.15) is 5.82 Å². The highest BCUT2D eigenvalue weighted by Gasteiger charge is 2.29. The van der Waals surface area contributed by atoms with Gasteiger partial charge in [-0.2, -0.15) is 5.26 Å². The molecule has 0 unspecified atom stereocenters. The molecule has 2 heterocycles. The molecular formula is C18H13ClFN5O. The van der Waals surface area contributed by atoms with Crippen LogP contribution in [0.15, 0.2) is 42.6 Å². The highest BCUT2D eigenvalue weighted by Crippen LogP contribution is 2.23. The molecule has 0 saturated carbocycles. The first-order chi connectivity index (χ1) is 12.5. The monoisotopic (exact) mass is 369 g/mol. The largest absolute Gasteiger partial charge is 0.290 e. The molecule has 0 N–H and O–H groups in total. The molecule has 3 aromatic rings. The van der Waals surface area contributed by atoms with Gasteiger partial charge in [-0.1, -0.05) is 29.8 Å². The zero-order valence-corrected chi connectivity index (χ0v) is 14.5. The van der Waals surface area contributed by atoms with Crippen molar-refractivity contribution in [2.24, 2.45) is 0 Å². The highest BCUT2D eigenvalue weighted by atomic mass is 35.5. The molecule has 0 spiro atoms. The van der Waals surface area contributed by atoms with E-state index in [4.69, 9.17) is 11.6 Å². The van der Waals surface area contributed by atoms with Crippen molar-refractivity contribution >= 4 is 17.4 Å². The van der Waals surface area contributed by atoms with Crippen molar-refractivity contribution < 1.29 is 9.18 Å². The number of hydrogen-bond acceptors (Lipinski definition) is 5. The van der Waals surface area contributed by atoms with Crippen LogP contribution in [0, 0.1) is 17.1 Å². The maximum Gasteiger partial charge on any atom is 0.208 e. The van der Waals surface area contributed by atoms with Crippen molar-refractivity contribution in [3.05, 3.63) is 70.5 Å². The fraction of sp³-hybridized carbons (Fsp3) is 0.167. The van der Waals surface area contributed by atoms with Gasteiger partial charge in [-0.05, 0) is 36.8 Å². The summed E-state index contributed by atoms with van der Waals surface area (Å²) < 4.78 is 14.6. The number of hydrogen-bond donors (Lipinski definition) is 0. The summed E-state index contributed by atoms with van der Waals surface area (Å²) in [7, 11) is 0. The first kappa shape index (κ1) is 17.7. The SMILES string of the molecule is CCc1c(C(=O)[C@@H](C#N)c2ccc(F)cn2)nnn1-c1cccc(Cl)c1. The van der Waals surface area contributed by atoms with Crippen molar-refractivity contribution in [3.63, 3.8) is 0 Å². The fourth-order valence-corrected chi connectivity index (χ4v) is 2.76. The molecule has 3 rings (SSSR count). The Hall–Kier alpha value is -3.11. The number of Topliss-reactive ketones (excluding diaryl/α,β-unsaturated/α-hetero) is 1. The van der Waals surface area contributed by atoms with E-state index in [0.29, 0.717) is 22.8 Å². The molecule has 1 aromatic carbocycles. The van der Waals surface area contributed by atoms with Crippen LogP contribution in [0.5, 0.6) is 0 Å². The zero-order chi connectivity index (χ0) is 18.7. The molecule has 0 bridgehead atoms. The van der Waals surface area contributed by atoms with Crippen LogP contribution in [0.4, 0.5) is 4.39 Å². The fourth-order valence-electron chi connectivity index (χ4n) is 2.58. The molecular weight excluding hydrogens is 357 g/mol. The molecule has 0 amide bonds. The number of ketones is 1. The van der Waals surface area contributed by atoms with Crippen molar-refractivity contribution in [3.8, 4) is 11.8 Å². The van der Waals surface area contributed by atoms with Gasteiger partial charge in [0.2, 0.25) is 5.78 Å². The average molecular weight is 370 g/mol. The Bertz CT molecular complexity index is 994. The summed E-state index contributed by atoms with van der Waals surface area (Å²) in [5.74, 6) is -2.26. The third kappa shape index (κ3) is 3.32. The second-order valence-electron chi connectivity index (χ2n) is 5.46. The summed E-state index contributed by atoms with van der Waals surface area (Å²) >= 11 is 6.01. The first-order valence-electron chi connectivity index (χ1n) is 7.81. The van der Waals surface area contributed by atoms with Crippen LogP contribution < -0.4 is 0 Å². The lowest BCUT2D eigenvalue weighted by atomic mass is 9.97. The van der Waals surface area contributed by atoms with E-state index in [1.165, 1.54) is 10.7 Å². The maximum atomic E-state index is 13.1. The standard InChI is InChI=1S/C18H13ClFN5O/c1-2-16-17(23-24-25(16)13-5-3-4-11(19)8-13)18(26)14(9-21)15-7-6-12(20)10-22-15/h3-8,10,14H,2H2,1H3/t14-/m0/s1. The van der Waals surface area contributed by atoms with E-state index in [9.17, 15) is 14.4 Å². The molecule has 8 heteroatoms. The maximum absolute atomic E-state index is 13.1. The summed E-state index contributed by atoms with van der Waals surface area (Å²) in [6, 6.07) is 11.4. The molecule has 0 aliphatic rings. The number of aromatic nitrogens is 4. The summed E-state index contributed by atoms with van der Waals surface area (Å²) in [6.45, 7) is 1.86. The lowest BCUT2D eigenvalue weighted by Crippen LogP contribution is -2.15. The van der Waals surface area contributed by atoms with Crippen molar-refractivity contribution in [1.29, 1.82) is 5.26 Å². The molecule has 0 saturated heterocycles. The number of rotatable bonds is 5. The molecule has 1 atom stereocenters. The molecule has 130 valence electrons. The minimum absolute atomic E-state index is 0.0881. The molecule has 0 aliphatic carbocycles. The van der Waals surface area contributed by atoms with Crippen molar-refractivity contribution in [2.45, 2.75) is 19.3 Å². The molecule has 6 nitrogen and oxygen atoms in total. The van der Waals surface area contributed by atoms with Gasteiger partial charge in [0.25, 0.3) is 0 Å². The van der Waals surface area contributed by atoms with E-state index in [0.717, 1.165) is 12.3 Å². The van der Waals surface area contributed by atoms with Gasteiger partial charge in [0.15, 0.2) is 11.6 Å². The van der Waals surface area contributed by atoms with Crippen LogP contribution in [0.1, 0.15) is 34.7 Å². The summed E-state index contributed by atoms with van der Waals surface area (Å²) in [5.41, 5.74) is 1.47. The third-order valence-electron chi connectivity index (χ3n) is 3.82. The second-order valence-corrected chi connectivity index (χ2v) is 5.89. The van der Waals surface area contributed by atoms with Gasteiger partial charge >= 0.3 is 0 Å². The van der Waals surface area contributed by atoms with Gasteiger partial charge in [-0.15, -0.1) is 5.10 Å². The van der Waals surface area contributed by atoms with Crippen LogP contribution in [-0.4, -0.2) is 25.8 Å². The van der Waals surface area contributed by atoms with Gasteiger partial charge in [0, 0.05) is 5.02 Å². The quantitative estimate of drug-likeness (QED) is 0.642. The van der Waals surface area contributed by atoms with Crippen LogP contribution in [-0.2, 0) is 6.42 Å². The van der Waals surface area contributed by atoms with Gasteiger partial charge in [0.05, 0.1) is 29.3 Å².